The van der Waals surface area contributed by atoms with Crippen molar-refractivity contribution < 1.29 is 4.79 Å². The van der Waals surface area contributed by atoms with Gasteiger partial charge in [-0.25, -0.2) is 4.98 Å². The topological polar surface area (TPSA) is 50.2 Å². The lowest BCUT2D eigenvalue weighted by Gasteiger charge is -2.26. The van der Waals surface area contributed by atoms with Crippen molar-refractivity contribution in [3.05, 3.63) is 47.3 Å². The largest absolute Gasteiger partial charge is 0.351 e. The lowest BCUT2D eigenvalue weighted by molar-refractivity contribution is -0.120. The number of aromatic nitrogens is 2. The number of amides is 1. The minimum absolute atomic E-state index is 0.130. The molecule has 2 fully saturated rings. The van der Waals surface area contributed by atoms with Crippen LogP contribution in [0.25, 0.3) is 0 Å². The average molecular weight is 441 g/mol. The fourth-order valence-electron chi connectivity index (χ4n) is 4.91. The van der Waals surface area contributed by atoms with Gasteiger partial charge in [0.1, 0.15) is 0 Å². The summed E-state index contributed by atoms with van der Waals surface area (Å²) in [5, 5.41) is 4.17. The van der Waals surface area contributed by atoms with Gasteiger partial charge in [-0.1, -0.05) is 61.4 Å². The Morgan fingerprint density at radius 2 is 1.90 bits per heavy atom. The third-order valence-corrected chi connectivity index (χ3v) is 7.88. The Hall–Kier alpha value is -1.79. The highest BCUT2D eigenvalue weighted by Crippen LogP contribution is 2.35. The average Bonchev–Trinajstić information content (AvgIpc) is 3.32. The zero-order chi connectivity index (χ0) is 21.8. The molecule has 0 bridgehead atoms. The van der Waals surface area contributed by atoms with Crippen molar-refractivity contribution in [2.45, 2.75) is 88.3 Å². The number of nitrogens with one attached hydrogen (secondary N) is 1. The summed E-state index contributed by atoms with van der Waals surface area (Å²) >= 11 is 1.62. The Kier molecular flexibility index (Phi) is 7.39. The van der Waals surface area contributed by atoms with E-state index in [4.69, 9.17) is 4.98 Å². The number of imidazole rings is 1. The zero-order valence-corrected chi connectivity index (χ0v) is 20.0. The van der Waals surface area contributed by atoms with E-state index in [2.05, 4.69) is 59.0 Å². The molecule has 0 radical (unpaired) electrons. The van der Waals surface area contributed by atoms with Crippen LogP contribution in [0, 0.1) is 13.8 Å². The summed E-state index contributed by atoms with van der Waals surface area (Å²) in [6.07, 6.45) is 7.40. The molecule has 1 aliphatic heterocycles. The van der Waals surface area contributed by atoms with Gasteiger partial charge in [-0.3, -0.25) is 9.69 Å². The van der Waals surface area contributed by atoms with Crippen LogP contribution in [0.1, 0.15) is 68.4 Å². The maximum absolute atomic E-state index is 13.0. The summed E-state index contributed by atoms with van der Waals surface area (Å²) in [6, 6.07) is 11.3. The third kappa shape index (κ3) is 5.53. The van der Waals surface area contributed by atoms with Gasteiger partial charge in [-0.05, 0) is 45.6 Å². The first-order chi connectivity index (χ1) is 15.0. The second-order valence-electron chi connectivity index (χ2n) is 9.20. The molecule has 1 aliphatic carbocycles. The van der Waals surface area contributed by atoms with Gasteiger partial charge in [0.2, 0.25) is 5.91 Å². The number of rotatable bonds is 7. The van der Waals surface area contributed by atoms with Crippen LogP contribution in [0.15, 0.2) is 35.5 Å². The fourth-order valence-corrected chi connectivity index (χ4v) is 5.99. The molecule has 1 aromatic carbocycles. The van der Waals surface area contributed by atoms with E-state index in [-0.39, 0.29) is 17.2 Å². The monoisotopic (exact) mass is 440 g/mol. The quantitative estimate of drug-likeness (QED) is 0.624. The molecule has 2 heterocycles. The minimum atomic E-state index is -0.147. The summed E-state index contributed by atoms with van der Waals surface area (Å²) < 4.78 is 2.42. The van der Waals surface area contributed by atoms with E-state index in [9.17, 15) is 4.79 Å². The molecule has 2 aliphatic rings. The molecule has 1 amide bonds. The van der Waals surface area contributed by atoms with Crippen LogP contribution in [0.3, 0.4) is 0 Å². The molecule has 6 heteroatoms. The van der Waals surface area contributed by atoms with Gasteiger partial charge in [0.25, 0.3) is 0 Å². The highest BCUT2D eigenvalue weighted by molar-refractivity contribution is 8.00. The van der Waals surface area contributed by atoms with Gasteiger partial charge < -0.3 is 9.88 Å². The number of hydrogen-bond acceptors (Lipinski definition) is 4. The summed E-state index contributed by atoms with van der Waals surface area (Å²) in [4.78, 5) is 20.2. The highest BCUT2D eigenvalue weighted by Gasteiger charge is 2.28. The molecule has 4 rings (SSSR count). The molecule has 2 aromatic rings. The molecule has 1 saturated carbocycles. The number of carbonyl (C=O) groups is 1. The maximum Gasteiger partial charge on any atom is 0.233 e. The number of likely N-dealkylation sites (tertiary alicyclic amines) is 1. The van der Waals surface area contributed by atoms with Crippen molar-refractivity contribution in [2.75, 3.05) is 13.1 Å². The van der Waals surface area contributed by atoms with Crippen LogP contribution < -0.4 is 5.32 Å². The summed E-state index contributed by atoms with van der Waals surface area (Å²) in [7, 11) is 0. The Morgan fingerprint density at radius 1 is 1.16 bits per heavy atom. The van der Waals surface area contributed by atoms with Crippen LogP contribution in [-0.4, -0.2) is 44.7 Å². The highest BCUT2D eigenvalue weighted by atomic mass is 32.2. The number of thioether (sulfide) groups is 1. The van der Waals surface area contributed by atoms with Gasteiger partial charge in [0.15, 0.2) is 5.16 Å². The van der Waals surface area contributed by atoms with Crippen molar-refractivity contribution >= 4 is 17.7 Å². The standard InChI is InChI=1S/C25H36N4OS/c1-18-19(2)29(23-12-8-5-9-13-23)25(26-18)31-20(3)24(30)27-22-14-15-28(17-22)16-21-10-6-4-7-11-21/h4,6-7,10-11,20,22-23H,5,8-9,12-17H2,1-3H3,(H,27,30). The molecule has 2 unspecified atom stereocenters. The molecular weight excluding hydrogens is 404 g/mol. The molecular formula is C25H36N4OS. The lowest BCUT2D eigenvalue weighted by Crippen LogP contribution is -2.41. The van der Waals surface area contributed by atoms with Crippen molar-refractivity contribution in [1.29, 1.82) is 0 Å². The molecule has 168 valence electrons. The smallest absolute Gasteiger partial charge is 0.233 e. The van der Waals surface area contributed by atoms with Crippen molar-refractivity contribution in [2.24, 2.45) is 0 Å². The predicted molar refractivity (Wildman–Crippen MR) is 127 cm³/mol. The maximum atomic E-state index is 13.0. The fraction of sp³-hybridized carbons (Fsp3) is 0.600. The van der Waals surface area contributed by atoms with E-state index in [1.807, 2.05) is 6.92 Å². The van der Waals surface area contributed by atoms with Crippen LogP contribution in [0.2, 0.25) is 0 Å². The number of benzene rings is 1. The van der Waals surface area contributed by atoms with Crippen molar-refractivity contribution in [3.63, 3.8) is 0 Å². The Bertz CT molecular complexity index is 875. The van der Waals surface area contributed by atoms with E-state index < -0.39 is 0 Å². The van der Waals surface area contributed by atoms with Gasteiger partial charge in [0, 0.05) is 37.4 Å². The number of aryl methyl sites for hydroxylation is 1. The zero-order valence-electron chi connectivity index (χ0n) is 19.1. The van der Waals surface area contributed by atoms with Crippen molar-refractivity contribution in [3.8, 4) is 0 Å². The second kappa shape index (κ2) is 10.2. The first-order valence-electron chi connectivity index (χ1n) is 11.8. The third-order valence-electron chi connectivity index (χ3n) is 6.81. The van der Waals surface area contributed by atoms with Crippen LogP contribution in [-0.2, 0) is 11.3 Å². The van der Waals surface area contributed by atoms with Gasteiger partial charge >= 0.3 is 0 Å². The lowest BCUT2D eigenvalue weighted by atomic mass is 9.95. The van der Waals surface area contributed by atoms with E-state index in [0.29, 0.717) is 6.04 Å². The number of hydrogen-bond donors (Lipinski definition) is 1. The van der Waals surface area contributed by atoms with Gasteiger partial charge in [-0.15, -0.1) is 0 Å². The van der Waals surface area contributed by atoms with Gasteiger partial charge in [0.05, 0.1) is 10.9 Å². The SMILES string of the molecule is Cc1nc(SC(C)C(=O)NC2CCN(Cc3ccccc3)C2)n(C2CCCCC2)c1C. The summed E-state index contributed by atoms with van der Waals surface area (Å²) in [5.74, 6) is 0.130. The van der Waals surface area contributed by atoms with E-state index >= 15 is 0 Å². The molecule has 1 N–H and O–H groups in total. The molecule has 0 spiro atoms. The second-order valence-corrected chi connectivity index (χ2v) is 10.5. The number of carbonyl (C=O) groups excluding carboxylic acids is 1. The van der Waals surface area contributed by atoms with Gasteiger partial charge in [-0.2, -0.15) is 0 Å². The molecule has 1 saturated heterocycles. The predicted octanol–water partition coefficient (Wildman–Crippen LogP) is 4.88. The Balaban J connectivity index is 1.33. The van der Waals surface area contributed by atoms with E-state index in [1.165, 1.54) is 43.4 Å². The van der Waals surface area contributed by atoms with Crippen LogP contribution >= 0.6 is 11.8 Å². The number of nitrogens with zero attached hydrogens (tertiary/aromatic N) is 3. The summed E-state index contributed by atoms with van der Waals surface area (Å²) in [5.41, 5.74) is 3.68. The first kappa shape index (κ1) is 22.4. The van der Waals surface area contributed by atoms with Crippen molar-refractivity contribution in [1.82, 2.24) is 19.8 Å². The Morgan fingerprint density at radius 3 is 2.65 bits per heavy atom. The van der Waals surface area contributed by atoms with Crippen LogP contribution in [0.4, 0.5) is 0 Å². The molecule has 31 heavy (non-hydrogen) atoms. The normalized spacial score (nSPS) is 21.3. The van der Waals surface area contributed by atoms with Crippen LogP contribution in [0.5, 0.6) is 0 Å². The molecule has 2 atom stereocenters. The summed E-state index contributed by atoms with van der Waals surface area (Å²) in [6.45, 7) is 9.18. The minimum Gasteiger partial charge on any atom is -0.351 e. The first-order valence-corrected chi connectivity index (χ1v) is 12.7. The molecule has 1 aromatic heterocycles. The van der Waals surface area contributed by atoms with E-state index in [0.717, 1.165) is 36.9 Å². The molecule has 5 nitrogen and oxygen atoms in total. The Labute approximate surface area is 191 Å². The van der Waals surface area contributed by atoms with E-state index in [1.54, 1.807) is 11.8 Å².